The van der Waals surface area contributed by atoms with Crippen LogP contribution in [0.4, 0.5) is 0 Å². The summed E-state index contributed by atoms with van der Waals surface area (Å²) in [6, 6.07) is 22.0. The van der Waals surface area contributed by atoms with Crippen molar-refractivity contribution in [3.63, 3.8) is 0 Å². The average Bonchev–Trinajstić information content (AvgIpc) is 2.99. The van der Waals surface area contributed by atoms with E-state index in [0.717, 1.165) is 29.6 Å². The summed E-state index contributed by atoms with van der Waals surface area (Å²) < 4.78 is 6.92. The van der Waals surface area contributed by atoms with E-state index in [-0.39, 0.29) is 11.6 Å². The van der Waals surface area contributed by atoms with Crippen molar-refractivity contribution in [1.82, 2.24) is 0 Å². The van der Waals surface area contributed by atoms with Crippen LogP contribution >= 0.6 is 0 Å². The Morgan fingerprint density at radius 2 is 1.29 bits per heavy atom. The summed E-state index contributed by atoms with van der Waals surface area (Å²) in [6.45, 7) is 8.86. The Morgan fingerprint density at radius 3 is 1.69 bits per heavy atom. The van der Waals surface area contributed by atoms with Crippen LogP contribution in [0.3, 0.4) is 0 Å². The Kier molecular flexibility index (Phi) is 16.6. The zero-order valence-corrected chi connectivity index (χ0v) is 27.5. The first-order valence-corrected chi connectivity index (χ1v) is 18.1. The lowest BCUT2D eigenvalue weighted by Gasteiger charge is -2.43. The van der Waals surface area contributed by atoms with Gasteiger partial charge in [0.2, 0.25) is 0 Å². The second kappa shape index (κ2) is 19.5. The highest BCUT2D eigenvalue weighted by molar-refractivity contribution is 6.99. The molecular formula is C35H54N4O2Si. The Morgan fingerprint density at radius 1 is 0.833 bits per heavy atom. The summed E-state index contributed by atoms with van der Waals surface area (Å²) in [5.74, 6) is -0.605. The van der Waals surface area contributed by atoms with Crippen LogP contribution in [0.25, 0.3) is 10.4 Å². The number of nitriles is 1. The molecule has 0 aliphatic heterocycles. The molecule has 0 saturated carbocycles. The van der Waals surface area contributed by atoms with Gasteiger partial charge in [-0.05, 0) is 27.4 Å². The summed E-state index contributed by atoms with van der Waals surface area (Å²) in [5, 5.41) is 27.1. The molecule has 3 atom stereocenters. The monoisotopic (exact) mass is 590 g/mol. The van der Waals surface area contributed by atoms with Crippen LogP contribution in [0.1, 0.15) is 111 Å². The van der Waals surface area contributed by atoms with E-state index in [0.29, 0.717) is 6.42 Å². The van der Waals surface area contributed by atoms with Crippen molar-refractivity contribution in [3.05, 3.63) is 71.1 Å². The maximum absolute atomic E-state index is 11.3. The van der Waals surface area contributed by atoms with E-state index in [1.165, 1.54) is 57.8 Å². The van der Waals surface area contributed by atoms with Gasteiger partial charge in [-0.15, -0.1) is 0 Å². The molecule has 0 aliphatic rings. The molecule has 0 spiro atoms. The molecule has 6 nitrogen and oxygen atoms in total. The van der Waals surface area contributed by atoms with E-state index < -0.39 is 26.4 Å². The molecule has 0 heterocycles. The zero-order valence-electron chi connectivity index (χ0n) is 26.5. The second-order valence-corrected chi connectivity index (χ2v) is 17.0. The fraction of sp³-hybridized carbons (Fsp3) is 0.629. The third-order valence-corrected chi connectivity index (χ3v) is 13.4. The molecule has 0 fully saturated rings. The summed E-state index contributed by atoms with van der Waals surface area (Å²) in [5.41, 5.74) is 9.37. The third-order valence-electron chi connectivity index (χ3n) is 8.43. The molecule has 7 heteroatoms. The van der Waals surface area contributed by atoms with Gasteiger partial charge in [-0.25, -0.2) is 0 Å². The Balaban J connectivity index is 2.00. The third kappa shape index (κ3) is 10.9. The van der Waals surface area contributed by atoms with Gasteiger partial charge in [-0.3, -0.25) is 0 Å². The number of unbranched alkanes of at least 4 members (excludes halogenated alkanes) is 11. The molecule has 2 rings (SSSR count). The molecule has 0 radical (unpaired) electrons. The minimum atomic E-state index is -2.87. The number of rotatable bonds is 21. The van der Waals surface area contributed by atoms with Crippen molar-refractivity contribution < 1.29 is 9.53 Å². The SMILES string of the molecule is CCCCCCCCCCCCCC[C@H](C#N)[C@@H](O)[C@H](CO[Si](c1ccccc1)(c1ccccc1)C(C)(C)C)N=[N+]=[N-]. The average molecular weight is 591 g/mol. The van der Waals surface area contributed by atoms with E-state index in [1.807, 2.05) is 36.4 Å². The molecule has 0 bridgehead atoms. The molecule has 0 aliphatic carbocycles. The molecule has 42 heavy (non-hydrogen) atoms. The lowest BCUT2D eigenvalue weighted by Crippen LogP contribution is -2.67. The van der Waals surface area contributed by atoms with Crippen molar-refractivity contribution >= 4 is 18.7 Å². The first kappa shape index (κ1) is 35.6. The summed E-state index contributed by atoms with van der Waals surface area (Å²) in [7, 11) is -2.87. The molecule has 230 valence electrons. The van der Waals surface area contributed by atoms with Crippen LogP contribution in [0.2, 0.25) is 5.04 Å². The van der Waals surface area contributed by atoms with Gasteiger partial charge in [-0.1, -0.05) is 171 Å². The smallest absolute Gasteiger partial charge is 0.261 e. The molecule has 0 unspecified atom stereocenters. The zero-order chi connectivity index (χ0) is 30.7. The number of azide groups is 1. The standard InChI is InChI=1S/C35H54N4O2Si/c1-5-6-7-8-9-10-11-12-13-14-15-18-23-30(28-36)34(40)33(38-39-37)29-41-42(35(2,3)4,31-24-19-16-20-25-31)32-26-21-17-22-27-32/h16-17,19-22,24-27,30,33-34,40H,5-15,18,23,29H2,1-4H3/t30-,33+,34-/m1/s1. The minimum Gasteiger partial charge on any atom is -0.407 e. The van der Waals surface area contributed by atoms with Crippen LogP contribution in [0.5, 0.6) is 0 Å². The normalized spacial score (nSPS) is 14.0. The fourth-order valence-electron chi connectivity index (χ4n) is 6.02. The van der Waals surface area contributed by atoms with Gasteiger partial charge in [0.15, 0.2) is 0 Å². The quantitative estimate of drug-likeness (QED) is 0.0516. The fourth-order valence-corrected chi connectivity index (χ4v) is 10.6. The van der Waals surface area contributed by atoms with E-state index >= 15 is 0 Å². The Bertz CT molecular complexity index is 1040. The predicted molar refractivity (Wildman–Crippen MR) is 177 cm³/mol. The summed E-state index contributed by atoms with van der Waals surface area (Å²) in [6.07, 6.45) is 14.5. The molecule has 1 N–H and O–H groups in total. The van der Waals surface area contributed by atoms with E-state index in [2.05, 4.69) is 68.1 Å². The van der Waals surface area contributed by atoms with Crippen LogP contribution in [0.15, 0.2) is 65.8 Å². The van der Waals surface area contributed by atoms with Gasteiger partial charge in [0.05, 0.1) is 24.1 Å². The van der Waals surface area contributed by atoms with Crippen LogP contribution in [-0.2, 0) is 4.43 Å². The van der Waals surface area contributed by atoms with Crippen molar-refractivity contribution in [2.45, 2.75) is 128 Å². The van der Waals surface area contributed by atoms with E-state index in [4.69, 9.17) is 4.43 Å². The first-order chi connectivity index (χ1) is 20.3. The number of nitrogens with zero attached hydrogens (tertiary/aromatic N) is 4. The van der Waals surface area contributed by atoms with Crippen molar-refractivity contribution in [2.75, 3.05) is 6.61 Å². The largest absolute Gasteiger partial charge is 0.407 e. The van der Waals surface area contributed by atoms with Crippen molar-refractivity contribution in [3.8, 4) is 6.07 Å². The molecule has 0 aromatic heterocycles. The molecule has 2 aromatic rings. The molecule has 2 aromatic carbocycles. The van der Waals surface area contributed by atoms with Gasteiger partial charge in [-0.2, -0.15) is 5.26 Å². The Labute approximate surface area is 256 Å². The second-order valence-electron chi connectivity index (χ2n) is 12.7. The molecule has 0 amide bonds. The highest BCUT2D eigenvalue weighted by Gasteiger charge is 2.50. The maximum Gasteiger partial charge on any atom is 0.261 e. The molecular weight excluding hydrogens is 536 g/mol. The number of aliphatic hydroxyl groups excluding tert-OH is 1. The van der Waals surface area contributed by atoms with Crippen LogP contribution in [-0.4, -0.2) is 32.2 Å². The lowest BCUT2D eigenvalue weighted by molar-refractivity contribution is 0.0770. The van der Waals surface area contributed by atoms with Gasteiger partial charge >= 0.3 is 0 Å². The lowest BCUT2D eigenvalue weighted by atomic mass is 9.92. The highest BCUT2D eigenvalue weighted by Crippen LogP contribution is 2.37. The van der Waals surface area contributed by atoms with Gasteiger partial charge in [0.1, 0.15) is 0 Å². The number of hydrogen-bond donors (Lipinski definition) is 1. The first-order valence-electron chi connectivity index (χ1n) is 16.2. The molecule has 0 saturated heterocycles. The van der Waals surface area contributed by atoms with Crippen molar-refractivity contribution in [1.29, 1.82) is 5.26 Å². The summed E-state index contributed by atoms with van der Waals surface area (Å²) in [4.78, 5) is 3.04. The maximum atomic E-state index is 11.3. The van der Waals surface area contributed by atoms with Gasteiger partial charge < -0.3 is 9.53 Å². The number of aliphatic hydroxyl groups is 1. The van der Waals surface area contributed by atoms with Gasteiger partial charge in [0.25, 0.3) is 8.32 Å². The topological polar surface area (TPSA) is 102 Å². The summed E-state index contributed by atoms with van der Waals surface area (Å²) >= 11 is 0. The van der Waals surface area contributed by atoms with Crippen LogP contribution < -0.4 is 10.4 Å². The Hall–Kier alpha value is -2.62. The minimum absolute atomic E-state index is 0.0507. The highest BCUT2D eigenvalue weighted by atomic mass is 28.4. The number of benzene rings is 2. The van der Waals surface area contributed by atoms with E-state index in [9.17, 15) is 15.9 Å². The van der Waals surface area contributed by atoms with E-state index in [1.54, 1.807) is 0 Å². The van der Waals surface area contributed by atoms with Crippen LogP contribution in [0, 0.1) is 17.2 Å². The van der Waals surface area contributed by atoms with Gasteiger partial charge in [0, 0.05) is 11.5 Å². The van der Waals surface area contributed by atoms with Crippen molar-refractivity contribution in [2.24, 2.45) is 11.0 Å². The number of hydrogen-bond acceptors (Lipinski definition) is 4. The predicted octanol–water partition coefficient (Wildman–Crippen LogP) is 8.83.